The largest absolute Gasteiger partial charge is 0.384 e. The Kier molecular flexibility index (Phi) is 4.18. The minimum atomic E-state index is -0.786. The minimum Gasteiger partial charge on any atom is -0.384 e. The molecule has 0 radical (unpaired) electrons. The van der Waals surface area contributed by atoms with Gasteiger partial charge in [-0.25, -0.2) is 0 Å². The first-order valence-corrected chi connectivity index (χ1v) is 6.51. The third-order valence-corrected chi connectivity index (χ3v) is 3.74. The average Bonchev–Trinajstić information content (AvgIpc) is 2.32. The van der Waals surface area contributed by atoms with Gasteiger partial charge in [-0.3, -0.25) is 0 Å². The van der Waals surface area contributed by atoms with Gasteiger partial charge in [-0.1, -0.05) is 53.0 Å². The smallest absolute Gasteiger partial charge is 0.105 e. The highest BCUT2D eigenvalue weighted by Gasteiger charge is 2.14. The average molecular weight is 302 g/mol. The third-order valence-electron chi connectivity index (χ3n) is 2.75. The van der Waals surface area contributed by atoms with Crippen LogP contribution in [0.5, 0.6) is 0 Å². The van der Waals surface area contributed by atoms with Gasteiger partial charge in [-0.05, 0) is 36.2 Å². The van der Waals surface area contributed by atoms with E-state index in [4.69, 9.17) is 34.8 Å². The van der Waals surface area contributed by atoms with E-state index in [1.54, 1.807) is 30.3 Å². The summed E-state index contributed by atoms with van der Waals surface area (Å²) in [6.07, 6.45) is -0.786. The van der Waals surface area contributed by atoms with Crippen LogP contribution < -0.4 is 0 Å². The maximum absolute atomic E-state index is 10.3. The molecule has 2 aromatic rings. The Balaban J connectivity index is 2.41. The Morgan fingerprint density at radius 3 is 2.28 bits per heavy atom. The van der Waals surface area contributed by atoms with Crippen molar-refractivity contribution in [1.29, 1.82) is 0 Å². The van der Waals surface area contributed by atoms with Crippen LogP contribution in [0, 0.1) is 6.92 Å². The molecule has 18 heavy (non-hydrogen) atoms. The molecule has 1 nitrogen and oxygen atoms in total. The molecule has 1 unspecified atom stereocenters. The van der Waals surface area contributed by atoms with Gasteiger partial charge >= 0.3 is 0 Å². The quantitative estimate of drug-likeness (QED) is 0.824. The number of aliphatic hydroxyl groups is 1. The van der Waals surface area contributed by atoms with Crippen LogP contribution in [0.25, 0.3) is 0 Å². The van der Waals surface area contributed by atoms with E-state index in [0.29, 0.717) is 20.6 Å². The minimum absolute atomic E-state index is 0.447. The van der Waals surface area contributed by atoms with Crippen LogP contribution in [0.3, 0.4) is 0 Å². The first-order chi connectivity index (χ1) is 8.49. The molecular formula is C14H11Cl3O. The standard InChI is InChI=1S/C14H11Cl3O/c1-8-6-9(2-5-12(8)16)14(18)11-4-3-10(15)7-13(11)17/h2-7,14,18H,1H3. The zero-order valence-electron chi connectivity index (χ0n) is 9.62. The van der Waals surface area contributed by atoms with E-state index in [0.717, 1.165) is 11.1 Å². The molecule has 0 aromatic heterocycles. The van der Waals surface area contributed by atoms with Gasteiger partial charge in [-0.15, -0.1) is 0 Å². The van der Waals surface area contributed by atoms with Crippen molar-refractivity contribution in [2.24, 2.45) is 0 Å². The van der Waals surface area contributed by atoms with Crippen molar-refractivity contribution >= 4 is 34.8 Å². The molecule has 0 bridgehead atoms. The summed E-state index contributed by atoms with van der Waals surface area (Å²) in [4.78, 5) is 0. The Morgan fingerprint density at radius 2 is 1.67 bits per heavy atom. The van der Waals surface area contributed by atoms with Crippen LogP contribution in [0.15, 0.2) is 36.4 Å². The Morgan fingerprint density at radius 1 is 0.944 bits per heavy atom. The summed E-state index contributed by atoms with van der Waals surface area (Å²) in [6, 6.07) is 10.4. The molecule has 0 aliphatic rings. The predicted octanol–water partition coefficient (Wildman–Crippen LogP) is 5.04. The zero-order valence-corrected chi connectivity index (χ0v) is 11.9. The Hall–Kier alpha value is -0.730. The molecule has 0 heterocycles. The van der Waals surface area contributed by atoms with Crippen LogP contribution >= 0.6 is 34.8 Å². The van der Waals surface area contributed by atoms with Crippen molar-refractivity contribution in [2.45, 2.75) is 13.0 Å². The molecule has 4 heteroatoms. The summed E-state index contributed by atoms with van der Waals surface area (Å²) in [6.45, 7) is 1.89. The number of halogens is 3. The number of rotatable bonds is 2. The van der Waals surface area contributed by atoms with E-state index < -0.39 is 6.10 Å². The summed E-state index contributed by atoms with van der Waals surface area (Å²) in [5.74, 6) is 0. The molecule has 1 atom stereocenters. The van der Waals surface area contributed by atoms with E-state index in [1.165, 1.54) is 0 Å². The molecule has 94 valence electrons. The lowest BCUT2D eigenvalue weighted by Gasteiger charge is -2.14. The molecule has 2 rings (SSSR count). The monoisotopic (exact) mass is 300 g/mol. The van der Waals surface area contributed by atoms with Gasteiger partial charge < -0.3 is 5.11 Å². The van der Waals surface area contributed by atoms with E-state index in [-0.39, 0.29) is 0 Å². The molecule has 0 spiro atoms. The highest BCUT2D eigenvalue weighted by atomic mass is 35.5. The second-order valence-corrected chi connectivity index (χ2v) is 5.33. The summed E-state index contributed by atoms with van der Waals surface area (Å²) in [7, 11) is 0. The zero-order chi connectivity index (χ0) is 13.3. The molecule has 2 aromatic carbocycles. The molecule has 0 aliphatic heterocycles. The molecule has 0 saturated heterocycles. The van der Waals surface area contributed by atoms with Crippen LogP contribution in [0.1, 0.15) is 22.8 Å². The van der Waals surface area contributed by atoms with Crippen molar-refractivity contribution in [2.75, 3.05) is 0 Å². The van der Waals surface area contributed by atoms with E-state index >= 15 is 0 Å². The van der Waals surface area contributed by atoms with E-state index in [9.17, 15) is 5.11 Å². The van der Waals surface area contributed by atoms with Gasteiger partial charge in [0.15, 0.2) is 0 Å². The normalized spacial score (nSPS) is 12.5. The van der Waals surface area contributed by atoms with Crippen LogP contribution in [0.2, 0.25) is 15.1 Å². The van der Waals surface area contributed by atoms with Crippen LogP contribution in [-0.4, -0.2) is 5.11 Å². The van der Waals surface area contributed by atoms with Crippen LogP contribution in [0.4, 0.5) is 0 Å². The molecule has 0 saturated carbocycles. The predicted molar refractivity (Wildman–Crippen MR) is 76.7 cm³/mol. The van der Waals surface area contributed by atoms with Crippen molar-refractivity contribution in [1.82, 2.24) is 0 Å². The van der Waals surface area contributed by atoms with Gasteiger partial charge in [-0.2, -0.15) is 0 Å². The second kappa shape index (κ2) is 5.50. The molecule has 0 amide bonds. The lowest BCUT2D eigenvalue weighted by Crippen LogP contribution is -2.01. The molecular weight excluding hydrogens is 291 g/mol. The maximum Gasteiger partial charge on any atom is 0.105 e. The van der Waals surface area contributed by atoms with Gasteiger partial charge in [0.05, 0.1) is 0 Å². The van der Waals surface area contributed by atoms with Gasteiger partial charge in [0.25, 0.3) is 0 Å². The summed E-state index contributed by atoms with van der Waals surface area (Å²) in [5.41, 5.74) is 2.29. The molecule has 0 aliphatic carbocycles. The SMILES string of the molecule is Cc1cc(C(O)c2ccc(Cl)cc2Cl)ccc1Cl. The van der Waals surface area contributed by atoms with Crippen LogP contribution in [-0.2, 0) is 0 Å². The van der Waals surface area contributed by atoms with Gasteiger partial charge in [0.1, 0.15) is 6.10 Å². The fraction of sp³-hybridized carbons (Fsp3) is 0.143. The summed E-state index contributed by atoms with van der Waals surface area (Å²) < 4.78 is 0. The van der Waals surface area contributed by atoms with Crippen molar-refractivity contribution in [3.63, 3.8) is 0 Å². The van der Waals surface area contributed by atoms with E-state index in [2.05, 4.69) is 0 Å². The lowest BCUT2D eigenvalue weighted by molar-refractivity contribution is 0.220. The first kappa shape index (κ1) is 13.7. The fourth-order valence-corrected chi connectivity index (χ4v) is 2.37. The second-order valence-electron chi connectivity index (χ2n) is 4.08. The third kappa shape index (κ3) is 2.81. The Bertz CT molecular complexity index is 581. The van der Waals surface area contributed by atoms with Crippen molar-refractivity contribution < 1.29 is 5.11 Å². The van der Waals surface area contributed by atoms with Crippen molar-refractivity contribution in [3.8, 4) is 0 Å². The number of hydrogen-bond acceptors (Lipinski definition) is 1. The highest BCUT2D eigenvalue weighted by Crippen LogP contribution is 2.31. The maximum atomic E-state index is 10.3. The Labute approximate surface area is 121 Å². The fourth-order valence-electron chi connectivity index (χ4n) is 1.74. The number of hydrogen-bond donors (Lipinski definition) is 1. The topological polar surface area (TPSA) is 20.2 Å². The number of aliphatic hydroxyl groups excluding tert-OH is 1. The highest BCUT2D eigenvalue weighted by molar-refractivity contribution is 6.35. The number of benzene rings is 2. The van der Waals surface area contributed by atoms with E-state index in [1.807, 2.05) is 13.0 Å². The molecule has 0 fully saturated rings. The first-order valence-electron chi connectivity index (χ1n) is 5.38. The lowest BCUT2D eigenvalue weighted by atomic mass is 10.00. The van der Waals surface area contributed by atoms with Gasteiger partial charge in [0, 0.05) is 20.6 Å². The number of aryl methyl sites for hydroxylation is 1. The summed E-state index contributed by atoms with van der Waals surface area (Å²) >= 11 is 17.9. The molecule has 1 N–H and O–H groups in total. The summed E-state index contributed by atoms with van der Waals surface area (Å²) in [5, 5.41) is 12.0. The van der Waals surface area contributed by atoms with Crippen molar-refractivity contribution in [3.05, 3.63) is 68.2 Å². The van der Waals surface area contributed by atoms with Gasteiger partial charge in [0.2, 0.25) is 0 Å².